The molecule has 0 saturated carbocycles. The summed E-state index contributed by atoms with van der Waals surface area (Å²) in [6.07, 6.45) is 3.63. The minimum absolute atomic E-state index is 0. The molecule has 4 heteroatoms. The van der Waals surface area contributed by atoms with E-state index in [2.05, 4.69) is 46.4 Å². The number of hydrogen-bond acceptors (Lipinski definition) is 3. The SMILES string of the molecule is N#Cc1cc[c-]c(-c2ccccn2)c1.[Ir].[c-]1ccccc1-c1ccc(-c2ccccc2)cn1. The Kier molecular flexibility index (Phi) is 8.79. The molecule has 0 atom stereocenters. The van der Waals surface area contributed by atoms with E-state index in [-0.39, 0.29) is 20.1 Å². The van der Waals surface area contributed by atoms with E-state index >= 15 is 0 Å². The summed E-state index contributed by atoms with van der Waals surface area (Å²) in [5.74, 6) is 0. The quantitative estimate of drug-likeness (QED) is 0.218. The third-order valence-corrected chi connectivity index (χ3v) is 4.73. The number of hydrogen-bond donors (Lipinski definition) is 0. The molecule has 0 saturated heterocycles. The van der Waals surface area contributed by atoms with Crippen molar-refractivity contribution in [1.29, 1.82) is 5.26 Å². The van der Waals surface area contributed by atoms with E-state index in [4.69, 9.17) is 5.26 Å². The second-order valence-electron chi connectivity index (χ2n) is 6.89. The maximum Gasteiger partial charge on any atom is 0.0789 e. The van der Waals surface area contributed by atoms with E-state index in [9.17, 15) is 0 Å². The van der Waals surface area contributed by atoms with Gasteiger partial charge in [0.2, 0.25) is 0 Å². The van der Waals surface area contributed by atoms with Crippen LogP contribution in [0.15, 0.2) is 116 Å². The van der Waals surface area contributed by atoms with Crippen LogP contribution in [0, 0.1) is 23.5 Å². The molecule has 0 aliphatic rings. The Morgan fingerprint density at radius 2 is 1.39 bits per heavy atom. The van der Waals surface area contributed by atoms with Crippen LogP contribution in [0.4, 0.5) is 0 Å². The zero-order valence-corrected chi connectivity index (χ0v) is 20.0. The first-order valence-corrected chi connectivity index (χ1v) is 10.2. The molecule has 0 unspecified atom stereocenters. The molecule has 0 N–H and O–H groups in total. The van der Waals surface area contributed by atoms with Crippen molar-refractivity contribution in [3.8, 4) is 39.7 Å². The molecule has 0 bridgehead atoms. The van der Waals surface area contributed by atoms with Gasteiger partial charge in [0.15, 0.2) is 0 Å². The van der Waals surface area contributed by atoms with Crippen molar-refractivity contribution in [3.05, 3.63) is 133 Å². The largest absolute Gasteiger partial charge is 0.305 e. The van der Waals surface area contributed by atoms with Crippen LogP contribution in [-0.2, 0) is 20.1 Å². The van der Waals surface area contributed by atoms with E-state index in [0.717, 1.165) is 28.1 Å². The predicted molar refractivity (Wildman–Crippen MR) is 127 cm³/mol. The van der Waals surface area contributed by atoms with Crippen LogP contribution in [0.25, 0.3) is 33.6 Å². The minimum atomic E-state index is 0. The Morgan fingerprint density at radius 3 is 2.06 bits per heavy atom. The molecule has 0 amide bonds. The van der Waals surface area contributed by atoms with Crippen molar-refractivity contribution in [2.24, 2.45) is 0 Å². The number of pyridine rings is 2. The summed E-state index contributed by atoms with van der Waals surface area (Å²) < 4.78 is 0. The molecule has 0 aliphatic heterocycles. The second-order valence-corrected chi connectivity index (χ2v) is 6.89. The normalized spacial score (nSPS) is 9.55. The molecule has 5 rings (SSSR count). The molecule has 1 radical (unpaired) electrons. The van der Waals surface area contributed by atoms with Crippen LogP contribution in [0.5, 0.6) is 0 Å². The summed E-state index contributed by atoms with van der Waals surface area (Å²) in [6, 6.07) is 41.5. The van der Waals surface area contributed by atoms with Gasteiger partial charge in [-0.2, -0.15) is 5.26 Å². The Hall–Kier alpha value is -3.90. The Balaban J connectivity index is 0.000000186. The average Bonchev–Trinajstić information content (AvgIpc) is 2.91. The number of nitriles is 1. The topological polar surface area (TPSA) is 49.6 Å². The van der Waals surface area contributed by atoms with E-state index in [1.54, 1.807) is 24.4 Å². The van der Waals surface area contributed by atoms with Crippen LogP contribution in [0.1, 0.15) is 5.56 Å². The monoisotopic (exact) mass is 602 g/mol. The number of rotatable bonds is 3. The summed E-state index contributed by atoms with van der Waals surface area (Å²) in [7, 11) is 0. The van der Waals surface area contributed by atoms with Gasteiger partial charge in [0.1, 0.15) is 0 Å². The maximum absolute atomic E-state index is 8.72. The fourth-order valence-electron chi connectivity index (χ4n) is 3.11. The van der Waals surface area contributed by atoms with Crippen LogP contribution in [0.2, 0.25) is 0 Å². The summed E-state index contributed by atoms with van der Waals surface area (Å²) >= 11 is 0. The molecule has 33 heavy (non-hydrogen) atoms. The first-order valence-electron chi connectivity index (χ1n) is 10.2. The van der Waals surface area contributed by atoms with Gasteiger partial charge in [0.25, 0.3) is 0 Å². The van der Waals surface area contributed by atoms with Crippen molar-refractivity contribution in [3.63, 3.8) is 0 Å². The molecular formula is C29H19IrN3-2. The molecule has 5 aromatic rings. The van der Waals surface area contributed by atoms with Crippen LogP contribution >= 0.6 is 0 Å². The molecule has 0 fully saturated rings. The van der Waals surface area contributed by atoms with Gasteiger partial charge in [-0.05, 0) is 34.1 Å². The Morgan fingerprint density at radius 1 is 0.636 bits per heavy atom. The molecule has 2 aromatic heterocycles. The van der Waals surface area contributed by atoms with Crippen molar-refractivity contribution in [2.75, 3.05) is 0 Å². The molecule has 3 aromatic carbocycles. The van der Waals surface area contributed by atoms with E-state index in [0.29, 0.717) is 5.56 Å². The van der Waals surface area contributed by atoms with Gasteiger partial charge in [-0.1, -0.05) is 54.6 Å². The maximum atomic E-state index is 8.72. The summed E-state index contributed by atoms with van der Waals surface area (Å²) in [5.41, 5.74) is 6.62. The molecular weight excluding hydrogens is 583 g/mol. The van der Waals surface area contributed by atoms with Crippen molar-refractivity contribution in [1.82, 2.24) is 9.97 Å². The van der Waals surface area contributed by atoms with E-state index in [1.807, 2.05) is 72.9 Å². The molecule has 3 nitrogen and oxygen atoms in total. The fourth-order valence-corrected chi connectivity index (χ4v) is 3.11. The van der Waals surface area contributed by atoms with Gasteiger partial charge in [-0.3, -0.25) is 0 Å². The number of benzene rings is 3. The molecule has 0 spiro atoms. The second kappa shape index (κ2) is 12.2. The minimum Gasteiger partial charge on any atom is -0.305 e. The van der Waals surface area contributed by atoms with Gasteiger partial charge in [0, 0.05) is 32.5 Å². The van der Waals surface area contributed by atoms with Gasteiger partial charge in [0.05, 0.1) is 6.07 Å². The van der Waals surface area contributed by atoms with Gasteiger partial charge >= 0.3 is 0 Å². The van der Waals surface area contributed by atoms with Gasteiger partial charge < -0.3 is 9.97 Å². The third-order valence-electron chi connectivity index (χ3n) is 4.73. The fraction of sp³-hybridized carbons (Fsp3) is 0. The molecule has 0 aliphatic carbocycles. The summed E-state index contributed by atoms with van der Waals surface area (Å²) in [5, 5.41) is 8.72. The van der Waals surface area contributed by atoms with Crippen LogP contribution in [-0.4, -0.2) is 9.97 Å². The van der Waals surface area contributed by atoms with E-state index in [1.165, 1.54) is 5.56 Å². The molecule has 161 valence electrons. The third kappa shape index (κ3) is 6.54. The Bertz CT molecular complexity index is 1240. The zero-order valence-electron chi connectivity index (χ0n) is 17.6. The van der Waals surface area contributed by atoms with Crippen molar-refractivity contribution >= 4 is 0 Å². The Labute approximate surface area is 207 Å². The van der Waals surface area contributed by atoms with Crippen LogP contribution in [0.3, 0.4) is 0 Å². The van der Waals surface area contributed by atoms with Gasteiger partial charge in [-0.25, -0.2) is 0 Å². The number of aromatic nitrogens is 2. The first-order chi connectivity index (χ1) is 15.8. The summed E-state index contributed by atoms with van der Waals surface area (Å²) in [4.78, 5) is 8.68. The zero-order chi connectivity index (χ0) is 22.0. The predicted octanol–water partition coefficient (Wildman–Crippen LogP) is 6.63. The average molecular weight is 602 g/mol. The van der Waals surface area contributed by atoms with Crippen molar-refractivity contribution < 1.29 is 20.1 Å². The smallest absolute Gasteiger partial charge is 0.0789 e. The van der Waals surface area contributed by atoms with E-state index < -0.39 is 0 Å². The number of nitrogens with zero attached hydrogens (tertiary/aromatic N) is 3. The summed E-state index contributed by atoms with van der Waals surface area (Å²) in [6.45, 7) is 0. The standard InChI is InChI=1S/C17H12N.C12H7N2.Ir/c1-3-7-14(8-4-1)16-11-12-17(18-13-16)15-9-5-2-6-10-15;13-9-10-4-3-5-11(8-10)12-6-1-2-7-14-12;/h1-9,11-13H;1-4,6-8H;/q2*-1;. The molecule has 2 heterocycles. The van der Waals surface area contributed by atoms with Crippen LogP contribution < -0.4 is 0 Å². The van der Waals surface area contributed by atoms with Crippen molar-refractivity contribution in [2.45, 2.75) is 0 Å². The van der Waals surface area contributed by atoms with Gasteiger partial charge in [-0.15, -0.1) is 65.7 Å². The first kappa shape index (κ1) is 23.8.